The van der Waals surface area contributed by atoms with Crippen LogP contribution < -0.4 is 15.6 Å². The Hall–Kier alpha value is -2.89. The van der Waals surface area contributed by atoms with E-state index in [4.69, 9.17) is 4.74 Å². The number of allylic oxidation sites excluding steroid dienone is 4. The van der Waals surface area contributed by atoms with Gasteiger partial charge in [0.15, 0.2) is 12.4 Å². The van der Waals surface area contributed by atoms with Crippen molar-refractivity contribution >= 4 is 27.7 Å². The van der Waals surface area contributed by atoms with Gasteiger partial charge in [0, 0.05) is 34.9 Å². The summed E-state index contributed by atoms with van der Waals surface area (Å²) >= 11 is 0. The van der Waals surface area contributed by atoms with Crippen molar-refractivity contribution in [1.82, 2.24) is 19.9 Å². The Morgan fingerprint density at radius 3 is 2.64 bits per heavy atom. The zero-order valence-corrected chi connectivity index (χ0v) is 21.4. The minimum absolute atomic E-state index is 0.0158. The summed E-state index contributed by atoms with van der Waals surface area (Å²) in [5.41, 5.74) is 0.105. The first-order chi connectivity index (χ1) is 17.0. The van der Waals surface area contributed by atoms with Gasteiger partial charge in [-0.1, -0.05) is 30.7 Å². The highest BCUT2D eigenvalue weighted by Gasteiger charge is 2.32. The fourth-order valence-electron chi connectivity index (χ4n) is 4.01. The molecule has 8 nitrogen and oxygen atoms in total. The number of H-pyrrole nitrogens is 1. The molecule has 0 bridgehead atoms. The standard InChI is InChI=1S/C24H31F3N4O4S/c1-4-6-7-16(5-2)8-11-31-15(3)28-21-18(23(31)33)20(35-14-24(25,26)27)19(30-21)22(32)29-17-9-12-36(34)13-10-17/h5-7,17,30H,4,8-14H2,1-3H3,(H,29,32)/b7-6-,16-5+. The number of rotatable bonds is 9. The molecule has 0 aliphatic carbocycles. The highest BCUT2D eigenvalue weighted by molar-refractivity contribution is 7.85. The Morgan fingerprint density at radius 2 is 2.03 bits per heavy atom. The Morgan fingerprint density at radius 1 is 1.33 bits per heavy atom. The Kier molecular flexibility index (Phi) is 9.15. The molecule has 2 aromatic rings. The van der Waals surface area contributed by atoms with Crippen molar-refractivity contribution < 1.29 is 26.9 Å². The van der Waals surface area contributed by atoms with E-state index in [0.717, 1.165) is 12.0 Å². The van der Waals surface area contributed by atoms with E-state index in [1.54, 1.807) is 6.92 Å². The van der Waals surface area contributed by atoms with Crippen molar-refractivity contribution in [3.63, 3.8) is 0 Å². The van der Waals surface area contributed by atoms with Crippen LogP contribution in [0.5, 0.6) is 5.75 Å². The van der Waals surface area contributed by atoms with Gasteiger partial charge >= 0.3 is 6.18 Å². The van der Waals surface area contributed by atoms with E-state index in [1.165, 1.54) is 4.57 Å². The molecule has 0 aromatic carbocycles. The predicted molar refractivity (Wildman–Crippen MR) is 133 cm³/mol. The van der Waals surface area contributed by atoms with Crippen LogP contribution in [0.25, 0.3) is 11.0 Å². The van der Waals surface area contributed by atoms with Gasteiger partial charge in [-0.05, 0) is 39.5 Å². The molecule has 1 amide bonds. The minimum Gasteiger partial charge on any atom is -0.481 e. The van der Waals surface area contributed by atoms with Crippen molar-refractivity contribution in [2.24, 2.45) is 0 Å². The number of aromatic nitrogens is 3. The molecule has 198 valence electrons. The van der Waals surface area contributed by atoms with Gasteiger partial charge in [-0.25, -0.2) is 4.98 Å². The first kappa shape index (κ1) is 27.7. The summed E-state index contributed by atoms with van der Waals surface area (Å²) in [6.45, 7) is 4.10. The molecule has 2 aromatic heterocycles. The number of hydrogen-bond acceptors (Lipinski definition) is 5. The van der Waals surface area contributed by atoms with Crippen LogP contribution in [0.2, 0.25) is 0 Å². The summed E-state index contributed by atoms with van der Waals surface area (Å²) in [5.74, 6) is 0.0485. The fourth-order valence-corrected chi connectivity index (χ4v) is 5.31. The molecule has 3 heterocycles. The van der Waals surface area contributed by atoms with Crippen molar-refractivity contribution in [1.29, 1.82) is 0 Å². The molecule has 3 rings (SSSR count). The van der Waals surface area contributed by atoms with Gasteiger partial charge in [-0.3, -0.25) is 18.4 Å². The van der Waals surface area contributed by atoms with E-state index in [9.17, 15) is 27.0 Å². The number of aromatic amines is 1. The van der Waals surface area contributed by atoms with Crippen LogP contribution >= 0.6 is 0 Å². The summed E-state index contributed by atoms with van der Waals surface area (Å²) in [7, 11) is -0.938. The molecule has 2 N–H and O–H groups in total. The second kappa shape index (κ2) is 11.9. The first-order valence-corrected chi connectivity index (χ1v) is 13.3. The van der Waals surface area contributed by atoms with Crippen molar-refractivity contribution in [3.8, 4) is 5.75 Å². The average Bonchev–Trinajstić information content (AvgIpc) is 3.19. The third-order valence-corrected chi connectivity index (χ3v) is 7.33. The fraction of sp³-hybridized carbons (Fsp3) is 0.542. The third-order valence-electron chi connectivity index (χ3n) is 5.95. The van der Waals surface area contributed by atoms with Gasteiger partial charge in [0.25, 0.3) is 11.5 Å². The zero-order chi connectivity index (χ0) is 26.5. The van der Waals surface area contributed by atoms with Crippen LogP contribution in [-0.2, 0) is 17.3 Å². The number of nitrogens with zero attached hydrogens (tertiary/aromatic N) is 2. The Bertz CT molecular complexity index is 1240. The van der Waals surface area contributed by atoms with E-state index in [2.05, 4.69) is 15.3 Å². The van der Waals surface area contributed by atoms with Gasteiger partial charge < -0.3 is 15.0 Å². The van der Waals surface area contributed by atoms with Crippen molar-refractivity contribution in [2.75, 3.05) is 18.1 Å². The van der Waals surface area contributed by atoms with E-state index in [-0.39, 0.29) is 29.3 Å². The molecule has 0 spiro atoms. The molecule has 1 aliphatic rings. The third kappa shape index (κ3) is 6.86. The quantitative estimate of drug-likeness (QED) is 0.480. The van der Waals surface area contributed by atoms with Crippen LogP contribution in [0.1, 0.15) is 55.8 Å². The Labute approximate surface area is 209 Å². The molecule has 1 fully saturated rings. The highest BCUT2D eigenvalue weighted by atomic mass is 32.2. The second-order valence-electron chi connectivity index (χ2n) is 8.59. The predicted octanol–water partition coefficient (Wildman–Crippen LogP) is 3.92. The average molecular weight is 529 g/mol. The molecule has 0 unspecified atom stereocenters. The lowest BCUT2D eigenvalue weighted by Gasteiger charge is -2.22. The lowest BCUT2D eigenvalue weighted by atomic mass is 10.1. The van der Waals surface area contributed by atoms with Gasteiger partial charge in [0.05, 0.1) is 0 Å². The second-order valence-corrected chi connectivity index (χ2v) is 10.3. The van der Waals surface area contributed by atoms with Gasteiger partial charge in [-0.2, -0.15) is 13.2 Å². The maximum absolute atomic E-state index is 13.4. The lowest BCUT2D eigenvalue weighted by molar-refractivity contribution is -0.153. The van der Waals surface area contributed by atoms with Crippen molar-refractivity contribution in [2.45, 2.75) is 65.2 Å². The molecular formula is C24H31F3N4O4S. The maximum Gasteiger partial charge on any atom is 0.422 e. The van der Waals surface area contributed by atoms with Gasteiger partial charge in [0.2, 0.25) is 0 Å². The summed E-state index contributed by atoms with van der Waals surface area (Å²) in [5, 5.41) is 2.55. The van der Waals surface area contributed by atoms with E-state index in [1.807, 2.05) is 32.1 Å². The van der Waals surface area contributed by atoms with Crippen LogP contribution in [0, 0.1) is 6.92 Å². The number of amides is 1. The highest BCUT2D eigenvalue weighted by Crippen LogP contribution is 2.29. The maximum atomic E-state index is 13.4. The van der Waals surface area contributed by atoms with Crippen molar-refractivity contribution in [3.05, 3.63) is 45.7 Å². The molecule has 1 saturated heterocycles. The number of carbonyl (C=O) groups is 1. The number of aryl methyl sites for hydroxylation is 1. The first-order valence-electron chi connectivity index (χ1n) is 11.8. The molecule has 12 heteroatoms. The number of alkyl halides is 3. The summed E-state index contributed by atoms with van der Waals surface area (Å²) in [6.07, 6.45) is 3.56. The smallest absolute Gasteiger partial charge is 0.422 e. The lowest BCUT2D eigenvalue weighted by Crippen LogP contribution is -2.39. The zero-order valence-electron chi connectivity index (χ0n) is 20.5. The number of nitrogens with one attached hydrogen (secondary N) is 2. The number of fused-ring (bicyclic) bond motifs is 1. The number of carbonyl (C=O) groups excluding carboxylic acids is 1. The molecule has 0 atom stereocenters. The summed E-state index contributed by atoms with van der Waals surface area (Å²) < 4.78 is 57.0. The summed E-state index contributed by atoms with van der Waals surface area (Å²) in [6, 6.07) is -0.279. The van der Waals surface area contributed by atoms with Gasteiger partial charge in [-0.15, -0.1) is 0 Å². The monoisotopic (exact) mass is 528 g/mol. The van der Waals surface area contributed by atoms with Crippen LogP contribution in [0.15, 0.2) is 28.6 Å². The molecule has 36 heavy (non-hydrogen) atoms. The number of ether oxygens (including phenoxy) is 1. The van der Waals surface area contributed by atoms with Gasteiger partial charge in [0.1, 0.15) is 22.6 Å². The molecular weight excluding hydrogens is 497 g/mol. The molecule has 1 aliphatic heterocycles. The molecule has 0 saturated carbocycles. The van der Waals surface area contributed by atoms with E-state index < -0.39 is 40.8 Å². The van der Waals surface area contributed by atoms with E-state index in [0.29, 0.717) is 36.6 Å². The van der Waals surface area contributed by atoms with Crippen LogP contribution in [-0.4, -0.2) is 55.0 Å². The summed E-state index contributed by atoms with van der Waals surface area (Å²) in [4.78, 5) is 33.5. The Balaban J connectivity index is 1.99. The number of halogens is 3. The molecule has 0 radical (unpaired) electrons. The SMILES string of the molecule is C/C=C(\C=C/CC)CCn1c(C)nc2[nH]c(C(=O)NC3CCS(=O)CC3)c(OCC(F)(F)F)c2c1=O. The minimum atomic E-state index is -4.67. The van der Waals surface area contributed by atoms with Crippen LogP contribution in [0.4, 0.5) is 13.2 Å². The number of hydrogen-bond donors (Lipinski definition) is 2. The normalized spacial score (nSPS) is 19.2. The topological polar surface area (TPSA) is 106 Å². The van der Waals surface area contributed by atoms with Crippen LogP contribution in [0.3, 0.4) is 0 Å². The largest absolute Gasteiger partial charge is 0.481 e. The van der Waals surface area contributed by atoms with E-state index >= 15 is 0 Å².